The van der Waals surface area contributed by atoms with E-state index in [1.54, 1.807) is 32.1 Å². The van der Waals surface area contributed by atoms with Gasteiger partial charge in [-0.05, 0) is 30.3 Å². The maximum absolute atomic E-state index is 12.2. The number of thiazole rings is 1. The minimum absolute atomic E-state index is 0.118. The summed E-state index contributed by atoms with van der Waals surface area (Å²) in [5.41, 5.74) is 1.93. The van der Waals surface area contributed by atoms with Crippen LogP contribution in [0.1, 0.15) is 30.3 Å². The number of carbonyl (C=O) groups is 2. The number of para-hydroxylation sites is 1. The maximum Gasteiger partial charge on any atom is 0.357 e. The molecule has 0 spiro atoms. The Morgan fingerprint density at radius 2 is 2.00 bits per heavy atom. The Hall–Kier alpha value is -2.78. The molecule has 0 radical (unpaired) electrons. The molecule has 0 aliphatic carbocycles. The summed E-state index contributed by atoms with van der Waals surface area (Å²) in [6.45, 7) is 3.48. The Balaban J connectivity index is 2.17. The first kappa shape index (κ1) is 20.0. The first-order valence-corrected chi connectivity index (χ1v) is 9.64. The molecule has 1 aromatic heterocycles. The number of carboxylic acid groups (broad SMARTS) is 1. The number of nitrogens with zero attached hydrogens (tertiary/aromatic N) is 2. The third kappa shape index (κ3) is 3.38. The molecule has 7 nitrogen and oxygen atoms in total. The third-order valence-electron chi connectivity index (χ3n) is 4.34. The van der Waals surface area contributed by atoms with Crippen molar-refractivity contribution in [3.05, 3.63) is 38.7 Å². The summed E-state index contributed by atoms with van der Waals surface area (Å²) < 4.78 is 6.28. The zero-order valence-electron chi connectivity index (χ0n) is 15.4. The zero-order valence-corrected chi connectivity index (χ0v) is 17.0. The average molecular weight is 418 g/mol. The van der Waals surface area contributed by atoms with Crippen molar-refractivity contribution in [1.29, 1.82) is 0 Å². The smallest absolute Gasteiger partial charge is 0.357 e. The van der Waals surface area contributed by atoms with E-state index in [0.717, 1.165) is 11.3 Å². The van der Waals surface area contributed by atoms with Crippen LogP contribution in [-0.4, -0.2) is 39.5 Å². The molecule has 0 saturated carbocycles. The molecule has 2 aromatic rings. The molecular formula is C19H18N2O5S2. The summed E-state index contributed by atoms with van der Waals surface area (Å²) >= 11 is 6.37. The molecule has 0 fully saturated rings. The molecule has 0 saturated heterocycles. The van der Waals surface area contributed by atoms with Crippen molar-refractivity contribution in [3.8, 4) is 5.88 Å². The molecule has 1 aromatic carbocycles. The average Bonchev–Trinajstić information content (AvgIpc) is 3.14. The number of methoxy groups -OCH3 is 1. The number of rotatable bonds is 5. The highest BCUT2D eigenvalue weighted by molar-refractivity contribution is 7.73. The van der Waals surface area contributed by atoms with Crippen LogP contribution in [0.5, 0.6) is 5.88 Å². The van der Waals surface area contributed by atoms with Gasteiger partial charge in [-0.2, -0.15) is 0 Å². The summed E-state index contributed by atoms with van der Waals surface area (Å²) in [4.78, 5) is 28.5. The van der Waals surface area contributed by atoms with Gasteiger partial charge >= 0.3 is 11.9 Å². The van der Waals surface area contributed by atoms with E-state index >= 15 is 0 Å². The molecule has 0 unspecified atom stereocenters. The van der Waals surface area contributed by atoms with E-state index < -0.39 is 18.0 Å². The van der Waals surface area contributed by atoms with E-state index in [-0.39, 0.29) is 21.5 Å². The SMILES string of the molecule is COC(=O)C1=Nc2ccccc2C1=Cc1sc(=S)n([C@@H](C(=O)O)C(C)C)c1O. The van der Waals surface area contributed by atoms with Crippen LogP contribution in [0.3, 0.4) is 0 Å². The number of carbonyl (C=O) groups excluding carboxylic acids is 1. The van der Waals surface area contributed by atoms with Crippen molar-refractivity contribution in [2.24, 2.45) is 10.9 Å². The van der Waals surface area contributed by atoms with Crippen LogP contribution in [0.4, 0.5) is 5.69 Å². The van der Waals surface area contributed by atoms with Crippen molar-refractivity contribution < 1.29 is 24.5 Å². The zero-order chi connectivity index (χ0) is 20.6. The van der Waals surface area contributed by atoms with Crippen LogP contribution in [0.2, 0.25) is 0 Å². The molecule has 1 atom stereocenters. The molecular weight excluding hydrogens is 400 g/mol. The van der Waals surface area contributed by atoms with Crippen LogP contribution in [-0.2, 0) is 14.3 Å². The van der Waals surface area contributed by atoms with Gasteiger partial charge in [0.1, 0.15) is 6.04 Å². The second-order valence-corrected chi connectivity index (χ2v) is 8.16. The highest BCUT2D eigenvalue weighted by Crippen LogP contribution is 2.40. The van der Waals surface area contributed by atoms with Crippen LogP contribution >= 0.6 is 23.6 Å². The minimum Gasteiger partial charge on any atom is -0.493 e. The van der Waals surface area contributed by atoms with Crippen molar-refractivity contribution in [2.75, 3.05) is 7.11 Å². The lowest BCUT2D eigenvalue weighted by atomic mass is 10.0. The third-order valence-corrected chi connectivity index (χ3v) is 5.68. The number of aliphatic imine (C=N–C) groups is 1. The van der Waals surface area contributed by atoms with E-state index in [2.05, 4.69) is 4.99 Å². The minimum atomic E-state index is -1.08. The van der Waals surface area contributed by atoms with E-state index in [4.69, 9.17) is 17.0 Å². The van der Waals surface area contributed by atoms with Crippen molar-refractivity contribution >= 4 is 58.5 Å². The van der Waals surface area contributed by atoms with Crippen LogP contribution < -0.4 is 0 Å². The van der Waals surface area contributed by atoms with Gasteiger partial charge in [-0.1, -0.05) is 32.0 Å². The fraction of sp³-hybridized carbons (Fsp3) is 0.263. The lowest BCUT2D eigenvalue weighted by Crippen LogP contribution is -2.23. The van der Waals surface area contributed by atoms with Crippen LogP contribution in [0, 0.1) is 9.87 Å². The number of hydrogen-bond acceptors (Lipinski definition) is 7. The van der Waals surface area contributed by atoms with Gasteiger partial charge < -0.3 is 14.9 Å². The number of aliphatic carboxylic acids is 1. The van der Waals surface area contributed by atoms with Gasteiger partial charge in [0.2, 0.25) is 5.88 Å². The van der Waals surface area contributed by atoms with E-state index in [1.807, 2.05) is 12.1 Å². The fourth-order valence-corrected chi connectivity index (χ4v) is 4.39. The quantitative estimate of drug-likeness (QED) is 0.561. The Morgan fingerprint density at radius 3 is 2.61 bits per heavy atom. The number of fused-ring (bicyclic) bond motifs is 1. The highest BCUT2D eigenvalue weighted by atomic mass is 32.1. The van der Waals surface area contributed by atoms with Crippen LogP contribution in [0.15, 0.2) is 29.3 Å². The predicted octanol–water partition coefficient (Wildman–Crippen LogP) is 4.07. The predicted molar refractivity (Wildman–Crippen MR) is 110 cm³/mol. The number of aromatic nitrogens is 1. The van der Waals surface area contributed by atoms with Gasteiger partial charge in [0.25, 0.3) is 0 Å². The molecule has 1 aliphatic heterocycles. The molecule has 9 heteroatoms. The van der Waals surface area contributed by atoms with Crippen LogP contribution in [0.25, 0.3) is 11.6 Å². The molecule has 2 N–H and O–H groups in total. The fourth-order valence-electron chi connectivity index (χ4n) is 3.06. The Bertz CT molecular complexity index is 1080. The summed E-state index contributed by atoms with van der Waals surface area (Å²) in [7, 11) is 1.27. The topological polar surface area (TPSA) is 101 Å². The van der Waals surface area contributed by atoms with Gasteiger partial charge in [0.05, 0.1) is 17.7 Å². The van der Waals surface area contributed by atoms with Crippen molar-refractivity contribution in [2.45, 2.75) is 19.9 Å². The van der Waals surface area contributed by atoms with Gasteiger partial charge in [0.15, 0.2) is 9.67 Å². The second-order valence-electron chi connectivity index (χ2n) is 6.48. The van der Waals surface area contributed by atoms with E-state index in [9.17, 15) is 19.8 Å². The summed E-state index contributed by atoms with van der Waals surface area (Å²) in [5, 5.41) is 20.3. The monoisotopic (exact) mass is 418 g/mol. The Kier molecular flexibility index (Phi) is 5.48. The summed E-state index contributed by atoms with van der Waals surface area (Å²) in [5.74, 6) is -2.22. The summed E-state index contributed by atoms with van der Waals surface area (Å²) in [6.07, 6.45) is 1.59. The number of esters is 1. The maximum atomic E-state index is 12.2. The molecule has 1 aliphatic rings. The molecule has 0 bridgehead atoms. The molecule has 146 valence electrons. The molecule has 0 amide bonds. The molecule has 2 heterocycles. The molecule has 3 rings (SSSR count). The lowest BCUT2D eigenvalue weighted by molar-refractivity contribution is -0.142. The van der Waals surface area contributed by atoms with Gasteiger partial charge in [-0.15, -0.1) is 11.3 Å². The van der Waals surface area contributed by atoms with E-state index in [0.29, 0.717) is 21.7 Å². The Labute approximate surface area is 170 Å². The first-order chi connectivity index (χ1) is 13.3. The number of hydrogen-bond donors (Lipinski definition) is 2. The standard InChI is InChI=1S/C19H18N2O5S2/c1-9(2)15(17(23)24)21-16(22)13(28-19(21)27)8-11-10-6-4-5-7-12(10)20-14(11)18(25)26-3/h4-9,15,22H,1-3H3,(H,23,24)/t15-/m1/s1. The normalized spacial score (nSPS) is 15.4. The van der Waals surface area contributed by atoms with Crippen molar-refractivity contribution in [3.63, 3.8) is 0 Å². The van der Waals surface area contributed by atoms with Gasteiger partial charge in [-0.3, -0.25) is 4.57 Å². The first-order valence-electron chi connectivity index (χ1n) is 8.41. The second kappa shape index (κ2) is 7.69. The van der Waals surface area contributed by atoms with Crippen molar-refractivity contribution in [1.82, 2.24) is 4.57 Å². The number of ether oxygens (including phenoxy) is 1. The highest BCUT2D eigenvalue weighted by Gasteiger charge is 2.30. The van der Waals surface area contributed by atoms with E-state index in [1.165, 1.54) is 11.7 Å². The summed E-state index contributed by atoms with van der Waals surface area (Å²) in [6, 6.07) is 6.20. The number of carboxylic acids is 1. The largest absolute Gasteiger partial charge is 0.493 e. The lowest BCUT2D eigenvalue weighted by Gasteiger charge is -2.18. The number of benzene rings is 1. The van der Waals surface area contributed by atoms with Gasteiger partial charge in [-0.25, -0.2) is 14.6 Å². The Morgan fingerprint density at radius 1 is 1.32 bits per heavy atom. The van der Waals surface area contributed by atoms with Gasteiger partial charge in [0, 0.05) is 11.1 Å². The number of aromatic hydroxyl groups is 1. The molecule has 28 heavy (non-hydrogen) atoms.